The number of amides is 1. The second kappa shape index (κ2) is 6.96. The Bertz CT molecular complexity index is 1080. The maximum atomic E-state index is 13.3. The quantitative estimate of drug-likeness (QED) is 0.572. The van der Waals surface area contributed by atoms with Gasteiger partial charge in [-0.15, -0.1) is 0 Å². The molecule has 0 saturated carbocycles. The summed E-state index contributed by atoms with van der Waals surface area (Å²) in [7, 11) is 0. The lowest BCUT2D eigenvalue weighted by Crippen LogP contribution is -2.39. The monoisotopic (exact) mass is 371 g/mol. The van der Waals surface area contributed by atoms with Crippen molar-refractivity contribution in [1.29, 1.82) is 0 Å². The molecule has 0 bridgehead atoms. The molecule has 6 nitrogen and oxygen atoms in total. The molecule has 0 radical (unpaired) electrons. The normalized spacial score (nSPS) is 17.1. The van der Waals surface area contributed by atoms with Crippen LogP contribution in [-0.2, 0) is 0 Å². The van der Waals surface area contributed by atoms with E-state index in [4.69, 9.17) is 4.98 Å². The molecule has 0 aliphatic carbocycles. The summed E-state index contributed by atoms with van der Waals surface area (Å²) in [5.41, 5.74) is 3.54. The number of para-hydroxylation sites is 2. The van der Waals surface area contributed by atoms with Gasteiger partial charge in [0.15, 0.2) is 0 Å². The molecule has 28 heavy (non-hydrogen) atoms. The summed E-state index contributed by atoms with van der Waals surface area (Å²) in [5.74, 6) is 1.96. The van der Waals surface area contributed by atoms with Crippen LogP contribution in [0.5, 0.6) is 0 Å². The molecule has 1 aliphatic heterocycles. The molecule has 1 amide bonds. The standard InChI is InChI=1S/C22H21N5O/c28-22(17-8-2-1-7-16(17)21-23-11-12-24-21)27-13-5-6-15(14-27)20-25-18-9-3-4-10-19(18)26-20/h1-4,7-12,15H,5-6,13-14H2,(H,23,24)(H,25,26)/t15-/m0/s1. The first-order valence-corrected chi connectivity index (χ1v) is 9.62. The van der Waals surface area contributed by atoms with Gasteiger partial charge in [-0.2, -0.15) is 0 Å². The first-order chi connectivity index (χ1) is 13.8. The highest BCUT2D eigenvalue weighted by atomic mass is 16.2. The SMILES string of the molecule is O=C(c1ccccc1-c1ncc[nH]1)N1CCC[C@H](c2nc3ccccc3[nH]2)C1. The summed E-state index contributed by atoms with van der Waals surface area (Å²) >= 11 is 0. The lowest BCUT2D eigenvalue weighted by molar-refractivity contribution is 0.0705. The van der Waals surface area contributed by atoms with Crippen LogP contribution in [-0.4, -0.2) is 43.8 Å². The minimum atomic E-state index is 0.0489. The molecular formula is C22H21N5O. The van der Waals surface area contributed by atoms with E-state index in [0.29, 0.717) is 12.1 Å². The molecule has 1 aliphatic rings. The van der Waals surface area contributed by atoms with Gasteiger partial charge in [-0.3, -0.25) is 4.79 Å². The van der Waals surface area contributed by atoms with E-state index in [1.807, 2.05) is 53.4 Å². The van der Waals surface area contributed by atoms with Gasteiger partial charge in [-0.25, -0.2) is 9.97 Å². The number of likely N-dealkylation sites (tertiary alicyclic amines) is 1. The van der Waals surface area contributed by atoms with E-state index in [9.17, 15) is 4.79 Å². The molecule has 6 heteroatoms. The average Bonchev–Trinajstić information content (AvgIpc) is 3.43. The molecule has 5 rings (SSSR count). The van der Waals surface area contributed by atoms with Gasteiger partial charge in [0.05, 0.1) is 16.6 Å². The third-order valence-electron chi connectivity index (χ3n) is 5.41. The van der Waals surface area contributed by atoms with Crippen molar-refractivity contribution in [3.63, 3.8) is 0 Å². The third-order valence-corrected chi connectivity index (χ3v) is 5.41. The van der Waals surface area contributed by atoms with Crippen molar-refractivity contribution in [2.24, 2.45) is 0 Å². The minimum absolute atomic E-state index is 0.0489. The second-order valence-electron chi connectivity index (χ2n) is 7.21. The molecule has 140 valence electrons. The van der Waals surface area contributed by atoms with Crippen molar-refractivity contribution in [1.82, 2.24) is 24.8 Å². The molecule has 0 unspecified atom stereocenters. The second-order valence-corrected chi connectivity index (χ2v) is 7.21. The number of nitrogens with one attached hydrogen (secondary N) is 2. The molecular weight excluding hydrogens is 350 g/mol. The fraction of sp³-hybridized carbons (Fsp3) is 0.227. The molecule has 2 N–H and O–H groups in total. The first kappa shape index (κ1) is 16.7. The molecule has 2 aromatic carbocycles. The lowest BCUT2D eigenvalue weighted by Gasteiger charge is -2.32. The molecule has 1 saturated heterocycles. The van der Waals surface area contributed by atoms with Crippen molar-refractivity contribution >= 4 is 16.9 Å². The lowest BCUT2D eigenvalue weighted by atomic mass is 9.96. The number of hydrogen-bond acceptors (Lipinski definition) is 3. The van der Waals surface area contributed by atoms with E-state index in [1.165, 1.54) is 0 Å². The smallest absolute Gasteiger partial charge is 0.254 e. The van der Waals surface area contributed by atoms with Gasteiger partial charge in [0, 0.05) is 37.0 Å². The predicted molar refractivity (Wildman–Crippen MR) is 108 cm³/mol. The van der Waals surface area contributed by atoms with Crippen molar-refractivity contribution in [2.75, 3.05) is 13.1 Å². The van der Waals surface area contributed by atoms with Crippen LogP contribution in [0.3, 0.4) is 0 Å². The van der Waals surface area contributed by atoms with E-state index in [2.05, 4.69) is 15.0 Å². The summed E-state index contributed by atoms with van der Waals surface area (Å²) in [6.07, 6.45) is 5.48. The van der Waals surface area contributed by atoms with Gasteiger partial charge in [0.1, 0.15) is 11.6 Å². The summed E-state index contributed by atoms with van der Waals surface area (Å²) < 4.78 is 0. The number of carbonyl (C=O) groups is 1. The van der Waals surface area contributed by atoms with Crippen LogP contribution in [0.4, 0.5) is 0 Å². The number of benzene rings is 2. The topological polar surface area (TPSA) is 77.7 Å². The zero-order chi connectivity index (χ0) is 18.9. The number of rotatable bonds is 3. The average molecular weight is 371 g/mol. The van der Waals surface area contributed by atoms with E-state index in [0.717, 1.165) is 47.6 Å². The first-order valence-electron chi connectivity index (χ1n) is 9.62. The van der Waals surface area contributed by atoms with Gasteiger partial charge < -0.3 is 14.9 Å². The molecule has 4 aromatic rings. The molecule has 3 heterocycles. The third kappa shape index (κ3) is 2.97. The Labute approximate surface area is 162 Å². The Balaban J connectivity index is 1.42. The summed E-state index contributed by atoms with van der Waals surface area (Å²) in [5, 5.41) is 0. The van der Waals surface area contributed by atoms with Crippen LogP contribution in [0.1, 0.15) is 34.9 Å². The highest BCUT2D eigenvalue weighted by molar-refractivity contribution is 6.00. The van der Waals surface area contributed by atoms with Crippen LogP contribution < -0.4 is 0 Å². The molecule has 0 spiro atoms. The Hall–Kier alpha value is -3.41. The highest BCUT2D eigenvalue weighted by Crippen LogP contribution is 2.29. The molecule has 1 fully saturated rings. The van der Waals surface area contributed by atoms with Crippen molar-refractivity contribution in [2.45, 2.75) is 18.8 Å². The maximum absolute atomic E-state index is 13.3. The number of carbonyl (C=O) groups excluding carboxylic acids is 1. The largest absolute Gasteiger partial charge is 0.345 e. The van der Waals surface area contributed by atoms with Crippen LogP contribution in [0.2, 0.25) is 0 Å². The van der Waals surface area contributed by atoms with Crippen LogP contribution in [0.25, 0.3) is 22.4 Å². The maximum Gasteiger partial charge on any atom is 0.254 e. The Morgan fingerprint density at radius 1 is 1.11 bits per heavy atom. The van der Waals surface area contributed by atoms with Crippen LogP contribution >= 0.6 is 0 Å². The zero-order valence-corrected chi connectivity index (χ0v) is 15.4. The fourth-order valence-corrected chi connectivity index (χ4v) is 4.01. The van der Waals surface area contributed by atoms with Gasteiger partial charge in [0.2, 0.25) is 0 Å². The number of H-pyrrole nitrogens is 2. The summed E-state index contributed by atoms with van der Waals surface area (Å²) in [4.78, 5) is 30.9. The molecule has 1 atom stereocenters. The predicted octanol–water partition coefficient (Wildman–Crippen LogP) is 3.97. The fourth-order valence-electron chi connectivity index (χ4n) is 4.01. The van der Waals surface area contributed by atoms with Crippen LogP contribution in [0, 0.1) is 0 Å². The highest BCUT2D eigenvalue weighted by Gasteiger charge is 2.28. The van der Waals surface area contributed by atoms with Crippen LogP contribution in [0.15, 0.2) is 60.9 Å². The summed E-state index contributed by atoms with van der Waals surface area (Å²) in [6, 6.07) is 15.7. The van der Waals surface area contributed by atoms with Crippen molar-refractivity contribution in [3.05, 3.63) is 72.3 Å². The van der Waals surface area contributed by atoms with Gasteiger partial charge in [-0.1, -0.05) is 30.3 Å². The number of fused-ring (bicyclic) bond motifs is 1. The Morgan fingerprint density at radius 2 is 1.96 bits per heavy atom. The Kier molecular flexibility index (Phi) is 4.16. The van der Waals surface area contributed by atoms with Gasteiger partial charge in [-0.05, 0) is 31.0 Å². The number of hydrogen-bond donors (Lipinski definition) is 2. The van der Waals surface area contributed by atoms with Gasteiger partial charge in [0.25, 0.3) is 5.91 Å². The van der Waals surface area contributed by atoms with E-state index in [-0.39, 0.29) is 11.8 Å². The van der Waals surface area contributed by atoms with E-state index < -0.39 is 0 Å². The van der Waals surface area contributed by atoms with Crippen molar-refractivity contribution < 1.29 is 4.79 Å². The van der Waals surface area contributed by atoms with E-state index in [1.54, 1.807) is 12.4 Å². The van der Waals surface area contributed by atoms with E-state index >= 15 is 0 Å². The summed E-state index contributed by atoms with van der Waals surface area (Å²) in [6.45, 7) is 1.44. The zero-order valence-electron chi connectivity index (χ0n) is 15.4. The minimum Gasteiger partial charge on any atom is -0.345 e. The van der Waals surface area contributed by atoms with Crippen molar-refractivity contribution in [3.8, 4) is 11.4 Å². The number of piperidine rings is 1. The van der Waals surface area contributed by atoms with Gasteiger partial charge >= 0.3 is 0 Å². The number of aromatic amines is 2. The Morgan fingerprint density at radius 3 is 2.82 bits per heavy atom. The molecule has 2 aromatic heterocycles. The number of nitrogens with zero attached hydrogens (tertiary/aromatic N) is 3. The number of imidazole rings is 2. The number of aromatic nitrogens is 4.